The Hall–Kier alpha value is -1.62. The molecule has 0 amide bonds. The number of nitrogens with zero attached hydrogens (tertiary/aromatic N) is 2. The third-order valence-electron chi connectivity index (χ3n) is 3.81. The number of aliphatic imine (C=N–C) groups is 1. The van der Waals surface area contributed by atoms with E-state index in [1.54, 1.807) is 6.07 Å². The first-order valence-electron chi connectivity index (χ1n) is 8.23. The highest BCUT2D eigenvalue weighted by molar-refractivity contribution is 5.79. The van der Waals surface area contributed by atoms with Gasteiger partial charge in [-0.2, -0.15) is 0 Å². The van der Waals surface area contributed by atoms with E-state index >= 15 is 0 Å². The fourth-order valence-electron chi connectivity index (χ4n) is 2.50. The van der Waals surface area contributed by atoms with Gasteiger partial charge in [0.15, 0.2) is 5.96 Å². The fraction of sp³-hybridized carbons (Fsp3) is 0.588. The Morgan fingerprint density at radius 2 is 2.14 bits per heavy atom. The average molecular weight is 306 g/mol. The molecule has 0 aromatic heterocycles. The van der Waals surface area contributed by atoms with Crippen LogP contribution in [-0.4, -0.2) is 43.1 Å². The van der Waals surface area contributed by atoms with Crippen molar-refractivity contribution in [1.29, 1.82) is 0 Å². The van der Waals surface area contributed by atoms with Crippen LogP contribution in [0.2, 0.25) is 0 Å². The predicted molar refractivity (Wildman–Crippen MR) is 89.5 cm³/mol. The second-order valence-corrected chi connectivity index (χ2v) is 5.61. The molecule has 1 saturated carbocycles. The lowest BCUT2D eigenvalue weighted by Crippen LogP contribution is -2.42. The number of nitrogens with one attached hydrogen (secondary N) is 2. The summed E-state index contributed by atoms with van der Waals surface area (Å²) in [6, 6.07) is 7.38. The van der Waals surface area contributed by atoms with Gasteiger partial charge in [0, 0.05) is 25.7 Å². The molecule has 1 fully saturated rings. The molecule has 122 valence electrons. The second kappa shape index (κ2) is 8.73. The Balaban J connectivity index is 1.81. The van der Waals surface area contributed by atoms with Gasteiger partial charge in [-0.3, -0.25) is 4.90 Å². The Morgan fingerprint density at radius 3 is 2.77 bits per heavy atom. The number of hydrogen-bond donors (Lipinski definition) is 2. The lowest BCUT2D eigenvalue weighted by molar-refractivity contribution is 0.282. The minimum atomic E-state index is -0.214. The third kappa shape index (κ3) is 5.64. The molecule has 1 aliphatic rings. The summed E-state index contributed by atoms with van der Waals surface area (Å²) in [6.45, 7) is 8.56. The van der Waals surface area contributed by atoms with Gasteiger partial charge in [-0.15, -0.1) is 0 Å². The van der Waals surface area contributed by atoms with Crippen LogP contribution in [0.5, 0.6) is 0 Å². The van der Waals surface area contributed by atoms with Crippen LogP contribution >= 0.6 is 0 Å². The molecule has 1 aromatic carbocycles. The van der Waals surface area contributed by atoms with Crippen LogP contribution in [0.4, 0.5) is 4.39 Å². The molecule has 0 spiro atoms. The zero-order valence-corrected chi connectivity index (χ0v) is 13.6. The van der Waals surface area contributed by atoms with E-state index in [4.69, 9.17) is 0 Å². The number of likely N-dealkylation sites (N-methyl/N-ethyl adjacent to an activating group) is 1. The average Bonchev–Trinajstić information content (AvgIpc) is 3.34. The van der Waals surface area contributed by atoms with Crippen molar-refractivity contribution < 1.29 is 4.39 Å². The van der Waals surface area contributed by atoms with Crippen LogP contribution in [0, 0.1) is 5.82 Å². The largest absolute Gasteiger partial charge is 0.357 e. The zero-order chi connectivity index (χ0) is 15.8. The lowest BCUT2D eigenvalue weighted by Gasteiger charge is -2.20. The van der Waals surface area contributed by atoms with Crippen molar-refractivity contribution in [3.05, 3.63) is 35.6 Å². The van der Waals surface area contributed by atoms with E-state index in [1.807, 2.05) is 13.0 Å². The predicted octanol–water partition coefficient (Wildman–Crippen LogP) is 2.37. The quantitative estimate of drug-likeness (QED) is 0.572. The maximum atomic E-state index is 13.2. The number of hydrogen-bond acceptors (Lipinski definition) is 2. The molecule has 5 heteroatoms. The Kier molecular flexibility index (Phi) is 6.65. The lowest BCUT2D eigenvalue weighted by atomic mass is 10.2. The Morgan fingerprint density at radius 1 is 1.32 bits per heavy atom. The molecule has 1 aromatic rings. The first-order chi connectivity index (χ1) is 10.7. The maximum absolute atomic E-state index is 13.2. The van der Waals surface area contributed by atoms with Crippen molar-refractivity contribution in [2.75, 3.05) is 26.2 Å². The van der Waals surface area contributed by atoms with Gasteiger partial charge in [-0.25, -0.2) is 9.38 Å². The number of benzene rings is 1. The molecule has 22 heavy (non-hydrogen) atoms. The van der Waals surface area contributed by atoms with Crippen molar-refractivity contribution >= 4 is 5.96 Å². The van der Waals surface area contributed by atoms with E-state index in [-0.39, 0.29) is 5.82 Å². The fourth-order valence-corrected chi connectivity index (χ4v) is 2.50. The van der Waals surface area contributed by atoms with Crippen molar-refractivity contribution in [2.45, 2.75) is 39.3 Å². The first-order valence-corrected chi connectivity index (χ1v) is 8.23. The summed E-state index contributed by atoms with van der Waals surface area (Å²) in [6.07, 6.45) is 2.67. The summed E-state index contributed by atoms with van der Waals surface area (Å²) in [4.78, 5) is 7.02. The standard InChI is InChI=1S/C17H27FN4/c1-3-19-17(20-10-11-22(4-2)16-8-9-16)21-13-14-6-5-7-15(18)12-14/h5-7,12,16H,3-4,8-11,13H2,1-2H3,(H2,19,20,21). The highest BCUT2D eigenvalue weighted by Gasteiger charge is 2.27. The van der Waals surface area contributed by atoms with E-state index in [2.05, 4.69) is 27.4 Å². The van der Waals surface area contributed by atoms with Gasteiger partial charge >= 0.3 is 0 Å². The zero-order valence-electron chi connectivity index (χ0n) is 13.6. The molecule has 0 saturated heterocycles. The summed E-state index contributed by atoms with van der Waals surface area (Å²) in [7, 11) is 0. The van der Waals surface area contributed by atoms with Crippen LogP contribution in [0.25, 0.3) is 0 Å². The van der Waals surface area contributed by atoms with Crippen LogP contribution in [0.3, 0.4) is 0 Å². The molecule has 0 heterocycles. The van der Waals surface area contributed by atoms with Gasteiger partial charge in [-0.05, 0) is 44.0 Å². The van der Waals surface area contributed by atoms with Gasteiger partial charge in [-0.1, -0.05) is 19.1 Å². The highest BCUT2D eigenvalue weighted by atomic mass is 19.1. The summed E-state index contributed by atoms with van der Waals surface area (Å²) >= 11 is 0. The first kappa shape index (κ1) is 16.7. The minimum absolute atomic E-state index is 0.214. The number of rotatable bonds is 8. The molecular formula is C17H27FN4. The van der Waals surface area contributed by atoms with Gasteiger partial charge in [0.1, 0.15) is 5.82 Å². The Labute approximate surface area is 132 Å². The smallest absolute Gasteiger partial charge is 0.191 e. The molecule has 0 radical (unpaired) electrons. The van der Waals surface area contributed by atoms with E-state index in [1.165, 1.54) is 25.0 Å². The van der Waals surface area contributed by atoms with Crippen molar-refractivity contribution in [3.63, 3.8) is 0 Å². The van der Waals surface area contributed by atoms with E-state index < -0.39 is 0 Å². The van der Waals surface area contributed by atoms with Crippen LogP contribution in [-0.2, 0) is 6.54 Å². The summed E-state index contributed by atoms with van der Waals surface area (Å²) < 4.78 is 13.2. The molecule has 4 nitrogen and oxygen atoms in total. The minimum Gasteiger partial charge on any atom is -0.357 e. The van der Waals surface area contributed by atoms with E-state index in [0.717, 1.165) is 43.7 Å². The summed E-state index contributed by atoms with van der Waals surface area (Å²) in [5.41, 5.74) is 0.880. The van der Waals surface area contributed by atoms with Crippen LogP contribution in [0.15, 0.2) is 29.3 Å². The third-order valence-corrected chi connectivity index (χ3v) is 3.81. The molecule has 0 aliphatic heterocycles. The normalized spacial score (nSPS) is 15.2. The monoisotopic (exact) mass is 306 g/mol. The van der Waals surface area contributed by atoms with Gasteiger partial charge in [0.2, 0.25) is 0 Å². The second-order valence-electron chi connectivity index (χ2n) is 5.61. The molecule has 0 atom stereocenters. The molecule has 0 bridgehead atoms. The van der Waals surface area contributed by atoms with E-state index in [0.29, 0.717) is 6.54 Å². The number of guanidine groups is 1. The van der Waals surface area contributed by atoms with Crippen LogP contribution < -0.4 is 10.6 Å². The SMILES string of the molecule is CCNC(=NCc1cccc(F)c1)NCCN(CC)C1CC1. The topological polar surface area (TPSA) is 39.7 Å². The molecule has 2 N–H and O–H groups in total. The molecular weight excluding hydrogens is 279 g/mol. The maximum Gasteiger partial charge on any atom is 0.191 e. The number of halogens is 1. The van der Waals surface area contributed by atoms with Crippen LogP contribution in [0.1, 0.15) is 32.3 Å². The molecule has 0 unspecified atom stereocenters. The van der Waals surface area contributed by atoms with Crippen molar-refractivity contribution in [1.82, 2.24) is 15.5 Å². The van der Waals surface area contributed by atoms with Gasteiger partial charge in [0.25, 0.3) is 0 Å². The molecule has 2 rings (SSSR count). The highest BCUT2D eigenvalue weighted by Crippen LogP contribution is 2.25. The summed E-state index contributed by atoms with van der Waals surface area (Å²) in [5.74, 6) is 0.576. The van der Waals surface area contributed by atoms with Crippen molar-refractivity contribution in [3.8, 4) is 0 Å². The van der Waals surface area contributed by atoms with E-state index in [9.17, 15) is 4.39 Å². The van der Waals surface area contributed by atoms with Gasteiger partial charge < -0.3 is 10.6 Å². The van der Waals surface area contributed by atoms with Crippen molar-refractivity contribution in [2.24, 2.45) is 4.99 Å². The summed E-state index contributed by atoms with van der Waals surface area (Å²) in [5, 5.41) is 6.59. The van der Waals surface area contributed by atoms with Gasteiger partial charge in [0.05, 0.1) is 6.54 Å². The molecule has 1 aliphatic carbocycles. The Bertz CT molecular complexity index is 485.